The lowest BCUT2D eigenvalue weighted by Crippen LogP contribution is -2.21. The van der Waals surface area contributed by atoms with Crippen LogP contribution >= 0.6 is 0 Å². The molecule has 0 saturated carbocycles. The number of hydrogen-bond donors (Lipinski definition) is 0. The predicted octanol–water partition coefficient (Wildman–Crippen LogP) is 2.79. The lowest BCUT2D eigenvalue weighted by Gasteiger charge is -2.12. The van der Waals surface area contributed by atoms with E-state index in [9.17, 15) is 4.79 Å². The molecule has 1 fully saturated rings. The fraction of sp³-hybridized carbons (Fsp3) is 0.438. The normalized spacial score (nSPS) is 22.4. The van der Waals surface area contributed by atoms with Crippen molar-refractivity contribution in [1.29, 1.82) is 0 Å². The highest BCUT2D eigenvalue weighted by molar-refractivity contribution is 6.11. The molecule has 0 bridgehead atoms. The summed E-state index contributed by atoms with van der Waals surface area (Å²) in [5.74, 6) is 0.855. The van der Waals surface area contributed by atoms with Crippen molar-refractivity contribution in [3.8, 4) is 5.75 Å². The van der Waals surface area contributed by atoms with Crippen molar-refractivity contribution in [3.05, 3.63) is 30.0 Å². The molecule has 4 nitrogen and oxygen atoms in total. The van der Waals surface area contributed by atoms with Crippen LogP contribution in [0.15, 0.2) is 24.4 Å². The zero-order valence-electron chi connectivity index (χ0n) is 12.1. The second-order valence-corrected chi connectivity index (χ2v) is 5.34. The van der Waals surface area contributed by atoms with Crippen LogP contribution in [0.3, 0.4) is 0 Å². The summed E-state index contributed by atoms with van der Waals surface area (Å²) in [6, 6.07) is 5.84. The van der Waals surface area contributed by atoms with Crippen molar-refractivity contribution in [2.75, 3.05) is 13.7 Å². The number of rotatable bonds is 3. The molecular formula is C16H19NO3. The van der Waals surface area contributed by atoms with Gasteiger partial charge >= 0.3 is 0 Å². The smallest absolute Gasteiger partial charge is 0.170 e. The summed E-state index contributed by atoms with van der Waals surface area (Å²) >= 11 is 0. The standard InChI is InChI=1S/C16H19NO3/c1-10-11(7-8-20-10)16(18)12-9-17(2)13-5-4-6-14(19-3)15(12)13/h4-6,9-11H,7-8H2,1-3H3. The molecular weight excluding hydrogens is 254 g/mol. The summed E-state index contributed by atoms with van der Waals surface area (Å²) in [5.41, 5.74) is 1.75. The third-order valence-corrected chi connectivity index (χ3v) is 4.17. The molecule has 1 aromatic carbocycles. The maximum Gasteiger partial charge on any atom is 0.170 e. The Kier molecular flexibility index (Phi) is 3.26. The Morgan fingerprint density at radius 1 is 1.45 bits per heavy atom. The maximum absolute atomic E-state index is 12.8. The van der Waals surface area contributed by atoms with Gasteiger partial charge in [0.1, 0.15) is 5.75 Å². The summed E-state index contributed by atoms with van der Waals surface area (Å²) in [6.45, 7) is 2.64. The molecule has 1 aliphatic rings. The lowest BCUT2D eigenvalue weighted by atomic mass is 9.92. The lowest BCUT2D eigenvalue weighted by molar-refractivity contribution is 0.0765. The number of methoxy groups -OCH3 is 1. The fourth-order valence-electron chi connectivity index (χ4n) is 3.04. The molecule has 2 atom stereocenters. The van der Waals surface area contributed by atoms with E-state index in [1.54, 1.807) is 7.11 Å². The van der Waals surface area contributed by atoms with Gasteiger partial charge in [0.05, 0.1) is 30.0 Å². The maximum atomic E-state index is 12.8. The van der Waals surface area contributed by atoms with E-state index < -0.39 is 0 Å². The van der Waals surface area contributed by atoms with E-state index in [2.05, 4.69) is 0 Å². The molecule has 0 aliphatic carbocycles. The van der Waals surface area contributed by atoms with Gasteiger partial charge in [0.25, 0.3) is 0 Å². The van der Waals surface area contributed by atoms with E-state index >= 15 is 0 Å². The van der Waals surface area contributed by atoms with Gasteiger partial charge in [0.2, 0.25) is 0 Å². The number of nitrogens with zero attached hydrogens (tertiary/aromatic N) is 1. The Hall–Kier alpha value is -1.81. The number of benzene rings is 1. The molecule has 0 spiro atoms. The molecule has 0 N–H and O–H groups in total. The molecule has 2 heterocycles. The van der Waals surface area contributed by atoms with Crippen LogP contribution in [0.2, 0.25) is 0 Å². The number of aryl methyl sites for hydroxylation is 1. The highest BCUT2D eigenvalue weighted by atomic mass is 16.5. The summed E-state index contributed by atoms with van der Waals surface area (Å²) in [6.07, 6.45) is 2.69. The van der Waals surface area contributed by atoms with E-state index in [1.807, 2.05) is 42.9 Å². The number of carbonyl (C=O) groups excluding carboxylic acids is 1. The molecule has 0 radical (unpaired) electrons. The molecule has 2 unspecified atom stereocenters. The van der Waals surface area contributed by atoms with Crippen molar-refractivity contribution in [2.45, 2.75) is 19.4 Å². The molecule has 20 heavy (non-hydrogen) atoms. The number of hydrogen-bond acceptors (Lipinski definition) is 3. The number of fused-ring (bicyclic) bond motifs is 1. The predicted molar refractivity (Wildman–Crippen MR) is 77.3 cm³/mol. The Morgan fingerprint density at radius 3 is 2.90 bits per heavy atom. The van der Waals surface area contributed by atoms with E-state index in [-0.39, 0.29) is 17.8 Å². The Labute approximate surface area is 118 Å². The highest BCUT2D eigenvalue weighted by Crippen LogP contribution is 2.34. The number of Topliss-reactive ketones (excluding diaryl/α,β-unsaturated/α-hetero) is 1. The number of ether oxygens (including phenoxy) is 2. The van der Waals surface area contributed by atoms with Gasteiger partial charge in [-0.15, -0.1) is 0 Å². The molecule has 106 valence electrons. The fourth-order valence-corrected chi connectivity index (χ4v) is 3.04. The van der Waals surface area contributed by atoms with Crippen LogP contribution < -0.4 is 4.74 Å². The van der Waals surface area contributed by atoms with Crippen LogP contribution in [-0.4, -0.2) is 30.2 Å². The van der Waals surface area contributed by atoms with Gasteiger partial charge in [-0.1, -0.05) is 6.07 Å². The molecule has 3 rings (SSSR count). The minimum absolute atomic E-state index is 0.00698. The summed E-state index contributed by atoms with van der Waals surface area (Å²) in [7, 11) is 3.59. The second kappa shape index (κ2) is 4.94. The third-order valence-electron chi connectivity index (χ3n) is 4.17. The molecule has 2 aromatic rings. The van der Waals surface area contributed by atoms with Gasteiger partial charge in [-0.3, -0.25) is 4.79 Å². The van der Waals surface area contributed by atoms with E-state index in [4.69, 9.17) is 9.47 Å². The monoisotopic (exact) mass is 273 g/mol. The van der Waals surface area contributed by atoms with Crippen LogP contribution in [0.1, 0.15) is 23.7 Å². The molecule has 1 aromatic heterocycles. The van der Waals surface area contributed by atoms with Crippen LogP contribution in [0.4, 0.5) is 0 Å². The van der Waals surface area contributed by atoms with Crippen LogP contribution in [0, 0.1) is 5.92 Å². The molecule has 1 aliphatic heterocycles. The van der Waals surface area contributed by atoms with Crippen LogP contribution in [-0.2, 0) is 11.8 Å². The molecule has 4 heteroatoms. The first kappa shape index (κ1) is 13.2. The van der Waals surface area contributed by atoms with Crippen LogP contribution in [0.25, 0.3) is 10.9 Å². The van der Waals surface area contributed by atoms with Gasteiger partial charge in [0, 0.05) is 25.4 Å². The first-order valence-corrected chi connectivity index (χ1v) is 6.91. The zero-order chi connectivity index (χ0) is 14.3. The minimum Gasteiger partial charge on any atom is -0.496 e. The van der Waals surface area contributed by atoms with Crippen molar-refractivity contribution < 1.29 is 14.3 Å². The van der Waals surface area contributed by atoms with Gasteiger partial charge in [0.15, 0.2) is 5.78 Å². The SMILES string of the molecule is COc1cccc2c1c(C(=O)C1CCOC1C)cn2C. The first-order valence-electron chi connectivity index (χ1n) is 6.91. The average molecular weight is 273 g/mol. The summed E-state index contributed by atoms with van der Waals surface area (Å²) in [4.78, 5) is 12.8. The Bertz CT molecular complexity index is 659. The molecule has 0 amide bonds. The summed E-state index contributed by atoms with van der Waals surface area (Å²) in [5, 5.41) is 0.904. The van der Waals surface area contributed by atoms with Crippen LogP contribution in [0.5, 0.6) is 5.75 Å². The van der Waals surface area contributed by atoms with E-state index in [0.717, 1.165) is 28.6 Å². The Balaban J connectivity index is 2.14. The number of ketones is 1. The topological polar surface area (TPSA) is 40.5 Å². The van der Waals surface area contributed by atoms with Gasteiger partial charge in [-0.05, 0) is 25.5 Å². The number of carbonyl (C=O) groups is 1. The van der Waals surface area contributed by atoms with Crippen molar-refractivity contribution in [1.82, 2.24) is 4.57 Å². The quantitative estimate of drug-likeness (QED) is 0.807. The average Bonchev–Trinajstić information content (AvgIpc) is 3.02. The number of aromatic nitrogens is 1. The van der Waals surface area contributed by atoms with E-state index in [0.29, 0.717) is 6.61 Å². The second-order valence-electron chi connectivity index (χ2n) is 5.34. The first-order chi connectivity index (χ1) is 9.63. The summed E-state index contributed by atoms with van der Waals surface area (Å²) < 4.78 is 12.9. The van der Waals surface area contributed by atoms with Gasteiger partial charge in [-0.25, -0.2) is 0 Å². The van der Waals surface area contributed by atoms with Crippen molar-refractivity contribution in [3.63, 3.8) is 0 Å². The zero-order valence-corrected chi connectivity index (χ0v) is 12.1. The van der Waals surface area contributed by atoms with E-state index in [1.165, 1.54) is 0 Å². The van der Waals surface area contributed by atoms with Gasteiger partial charge in [-0.2, -0.15) is 0 Å². The van der Waals surface area contributed by atoms with Crippen molar-refractivity contribution in [2.24, 2.45) is 13.0 Å². The van der Waals surface area contributed by atoms with Gasteiger partial charge < -0.3 is 14.0 Å². The molecule has 1 saturated heterocycles. The highest BCUT2D eigenvalue weighted by Gasteiger charge is 2.33. The third kappa shape index (κ3) is 1.91. The minimum atomic E-state index is -0.0505. The van der Waals surface area contributed by atoms with Crippen molar-refractivity contribution >= 4 is 16.7 Å². The Morgan fingerprint density at radius 2 is 2.25 bits per heavy atom. The largest absolute Gasteiger partial charge is 0.496 e.